The van der Waals surface area contributed by atoms with Crippen molar-refractivity contribution in [1.29, 1.82) is 0 Å². The van der Waals surface area contributed by atoms with Crippen molar-refractivity contribution in [2.24, 2.45) is 0 Å². The minimum atomic E-state index is 0.00524. The summed E-state index contributed by atoms with van der Waals surface area (Å²) in [6, 6.07) is 9.82. The van der Waals surface area contributed by atoms with Crippen LogP contribution in [0, 0.1) is 0 Å². The molecule has 0 saturated carbocycles. The van der Waals surface area contributed by atoms with Gasteiger partial charge in [-0.3, -0.25) is 0 Å². The van der Waals surface area contributed by atoms with Crippen LogP contribution in [0.3, 0.4) is 0 Å². The zero-order valence-corrected chi connectivity index (χ0v) is 12.3. The summed E-state index contributed by atoms with van der Waals surface area (Å²) in [7, 11) is 3.40. The van der Waals surface area contributed by atoms with Crippen LogP contribution in [0.25, 0.3) is 10.9 Å². The second-order valence-electron chi connectivity index (χ2n) is 5.27. The van der Waals surface area contributed by atoms with Gasteiger partial charge < -0.3 is 19.5 Å². The molecule has 112 valence electrons. The second kappa shape index (κ2) is 5.97. The van der Waals surface area contributed by atoms with Crippen LogP contribution in [-0.4, -0.2) is 49.6 Å². The van der Waals surface area contributed by atoms with Gasteiger partial charge in [0.05, 0.1) is 12.1 Å². The lowest BCUT2D eigenvalue weighted by atomic mass is 10.1. The Balaban J connectivity index is 1.98. The van der Waals surface area contributed by atoms with Crippen molar-refractivity contribution in [2.75, 3.05) is 32.2 Å². The third-order valence-electron chi connectivity index (χ3n) is 4.10. The van der Waals surface area contributed by atoms with E-state index in [1.807, 2.05) is 30.3 Å². The average Bonchev–Trinajstić information content (AvgIpc) is 2.97. The number of fused-ring (bicyclic) bond motifs is 1. The topological polar surface area (TPSA) is 54.8 Å². The van der Waals surface area contributed by atoms with Gasteiger partial charge in [0, 0.05) is 32.7 Å². The number of anilines is 1. The van der Waals surface area contributed by atoms with E-state index in [4.69, 9.17) is 14.5 Å². The monoisotopic (exact) mass is 288 g/mol. The Morgan fingerprint density at radius 2 is 1.86 bits per heavy atom. The van der Waals surface area contributed by atoms with E-state index in [2.05, 4.69) is 4.90 Å². The van der Waals surface area contributed by atoms with Crippen LogP contribution in [0.5, 0.6) is 0 Å². The first-order valence-electron chi connectivity index (χ1n) is 7.07. The maximum absolute atomic E-state index is 9.60. The molecule has 2 atom stereocenters. The Labute approximate surface area is 124 Å². The maximum atomic E-state index is 9.60. The first-order chi connectivity index (χ1) is 10.3. The predicted octanol–water partition coefficient (Wildman–Crippen LogP) is 1.58. The molecule has 1 N–H and O–H groups in total. The van der Waals surface area contributed by atoms with Crippen LogP contribution >= 0.6 is 0 Å². The largest absolute Gasteiger partial charge is 0.392 e. The summed E-state index contributed by atoms with van der Waals surface area (Å²) in [5.41, 5.74) is 1.79. The van der Waals surface area contributed by atoms with E-state index in [1.165, 1.54) is 0 Å². The Kier molecular flexibility index (Phi) is 4.05. The molecule has 0 aliphatic carbocycles. The Morgan fingerprint density at radius 1 is 1.19 bits per heavy atom. The molecule has 2 aromatic rings. The highest BCUT2D eigenvalue weighted by atomic mass is 16.5. The van der Waals surface area contributed by atoms with Gasteiger partial charge in [-0.2, -0.15) is 0 Å². The van der Waals surface area contributed by atoms with E-state index in [0.717, 1.165) is 35.4 Å². The van der Waals surface area contributed by atoms with Crippen molar-refractivity contribution in [3.05, 3.63) is 35.9 Å². The maximum Gasteiger partial charge on any atom is 0.129 e. The number of methoxy groups -OCH3 is 2. The number of para-hydroxylation sites is 1. The summed E-state index contributed by atoms with van der Waals surface area (Å²) in [5.74, 6) is 0.861. The normalized spacial score (nSPS) is 22.1. The van der Waals surface area contributed by atoms with Gasteiger partial charge in [-0.25, -0.2) is 4.98 Å². The Bertz CT molecular complexity index is 620. The summed E-state index contributed by atoms with van der Waals surface area (Å²) in [6.07, 6.45) is 0.0849. The van der Waals surface area contributed by atoms with Gasteiger partial charge >= 0.3 is 0 Å². The molecule has 0 bridgehead atoms. The van der Waals surface area contributed by atoms with Crippen molar-refractivity contribution < 1.29 is 14.6 Å². The minimum absolute atomic E-state index is 0.00524. The van der Waals surface area contributed by atoms with Gasteiger partial charge in [-0.1, -0.05) is 18.2 Å². The molecule has 3 rings (SSSR count). The SMILES string of the molecule is COC1CN(c2cc(CO)c3ccccc3n2)CC1OC. The van der Waals surface area contributed by atoms with Crippen molar-refractivity contribution in [1.82, 2.24) is 4.98 Å². The van der Waals surface area contributed by atoms with E-state index in [-0.39, 0.29) is 18.8 Å². The standard InChI is InChI=1S/C16H20N2O3/c1-20-14-8-18(9-15(14)21-2)16-7-11(10-19)12-5-3-4-6-13(12)17-16/h3-7,14-15,19H,8-10H2,1-2H3. The summed E-state index contributed by atoms with van der Waals surface area (Å²) in [5, 5.41) is 10.6. The lowest BCUT2D eigenvalue weighted by Gasteiger charge is -2.18. The number of ether oxygens (including phenoxy) is 2. The predicted molar refractivity (Wildman–Crippen MR) is 81.5 cm³/mol. The number of aliphatic hydroxyl groups excluding tert-OH is 1. The highest BCUT2D eigenvalue weighted by Gasteiger charge is 2.33. The number of hydrogen-bond acceptors (Lipinski definition) is 5. The molecule has 5 heteroatoms. The van der Waals surface area contributed by atoms with Crippen molar-refractivity contribution in [3.8, 4) is 0 Å². The number of hydrogen-bond donors (Lipinski definition) is 1. The number of aromatic nitrogens is 1. The first-order valence-corrected chi connectivity index (χ1v) is 7.07. The molecule has 0 amide bonds. The van der Waals surface area contributed by atoms with Crippen LogP contribution in [0.1, 0.15) is 5.56 Å². The number of benzene rings is 1. The van der Waals surface area contributed by atoms with Gasteiger partial charge in [0.2, 0.25) is 0 Å². The van der Waals surface area contributed by atoms with E-state index in [0.29, 0.717) is 0 Å². The van der Waals surface area contributed by atoms with Crippen LogP contribution in [0.4, 0.5) is 5.82 Å². The van der Waals surface area contributed by atoms with Gasteiger partial charge in [0.15, 0.2) is 0 Å². The fraction of sp³-hybridized carbons (Fsp3) is 0.438. The molecule has 0 radical (unpaired) electrons. The molecule has 1 aromatic carbocycles. The van der Waals surface area contributed by atoms with E-state index in [9.17, 15) is 5.11 Å². The summed E-state index contributed by atoms with van der Waals surface area (Å²) < 4.78 is 10.9. The molecule has 2 heterocycles. The highest BCUT2D eigenvalue weighted by molar-refractivity contribution is 5.84. The van der Waals surface area contributed by atoms with Crippen molar-refractivity contribution in [2.45, 2.75) is 18.8 Å². The first kappa shape index (κ1) is 14.3. The number of nitrogens with zero attached hydrogens (tertiary/aromatic N) is 2. The molecule has 1 aliphatic heterocycles. The second-order valence-corrected chi connectivity index (χ2v) is 5.27. The fourth-order valence-electron chi connectivity index (χ4n) is 2.91. The fourth-order valence-corrected chi connectivity index (χ4v) is 2.91. The van der Waals surface area contributed by atoms with Crippen LogP contribution < -0.4 is 4.90 Å². The number of rotatable bonds is 4. The van der Waals surface area contributed by atoms with E-state index in [1.54, 1.807) is 14.2 Å². The molecule has 21 heavy (non-hydrogen) atoms. The lowest BCUT2D eigenvalue weighted by molar-refractivity contribution is -0.00461. The molecule has 0 spiro atoms. The molecule has 1 aliphatic rings. The van der Waals surface area contributed by atoms with Gasteiger partial charge in [0.25, 0.3) is 0 Å². The van der Waals surface area contributed by atoms with Crippen molar-refractivity contribution >= 4 is 16.7 Å². The smallest absolute Gasteiger partial charge is 0.129 e. The average molecular weight is 288 g/mol. The quantitative estimate of drug-likeness (QED) is 0.925. The van der Waals surface area contributed by atoms with Crippen LogP contribution in [-0.2, 0) is 16.1 Å². The van der Waals surface area contributed by atoms with Crippen LogP contribution in [0.2, 0.25) is 0 Å². The lowest BCUT2D eigenvalue weighted by Crippen LogP contribution is -2.27. The zero-order valence-electron chi connectivity index (χ0n) is 12.3. The summed E-state index contributed by atoms with van der Waals surface area (Å²) in [4.78, 5) is 6.85. The Morgan fingerprint density at radius 3 is 2.48 bits per heavy atom. The molecule has 2 unspecified atom stereocenters. The van der Waals surface area contributed by atoms with E-state index < -0.39 is 0 Å². The molecular formula is C16H20N2O3. The Hall–Kier alpha value is -1.69. The van der Waals surface area contributed by atoms with Gasteiger partial charge in [-0.05, 0) is 17.7 Å². The molecule has 1 saturated heterocycles. The summed E-state index contributed by atoms with van der Waals surface area (Å²) in [6.45, 7) is 1.49. The van der Waals surface area contributed by atoms with Gasteiger partial charge in [0.1, 0.15) is 18.0 Å². The third kappa shape index (κ3) is 2.60. The van der Waals surface area contributed by atoms with Gasteiger partial charge in [-0.15, -0.1) is 0 Å². The molecule has 5 nitrogen and oxygen atoms in total. The highest BCUT2D eigenvalue weighted by Crippen LogP contribution is 2.27. The van der Waals surface area contributed by atoms with E-state index >= 15 is 0 Å². The molecular weight excluding hydrogens is 268 g/mol. The number of pyridine rings is 1. The molecule has 1 fully saturated rings. The third-order valence-corrected chi connectivity index (χ3v) is 4.10. The van der Waals surface area contributed by atoms with Crippen LogP contribution in [0.15, 0.2) is 30.3 Å². The summed E-state index contributed by atoms with van der Waals surface area (Å²) >= 11 is 0. The van der Waals surface area contributed by atoms with Crippen molar-refractivity contribution in [3.63, 3.8) is 0 Å². The number of aliphatic hydroxyl groups is 1. The minimum Gasteiger partial charge on any atom is -0.392 e. The molecule has 1 aromatic heterocycles. The zero-order chi connectivity index (χ0) is 14.8.